The molecule has 26 heavy (non-hydrogen) atoms. The second kappa shape index (κ2) is 7.20. The first-order valence-corrected chi connectivity index (χ1v) is 8.13. The average molecular weight is 363 g/mol. The average Bonchev–Trinajstić information content (AvgIpc) is 3.02. The summed E-state index contributed by atoms with van der Waals surface area (Å²) in [6.45, 7) is 1.30. The highest BCUT2D eigenvalue weighted by Gasteiger charge is 2.30. The van der Waals surface area contributed by atoms with Crippen LogP contribution in [-0.2, 0) is 6.54 Å². The molecular weight excluding hydrogens is 344 g/mol. The number of hydrogen-bond acceptors (Lipinski definition) is 5. The molecule has 0 bridgehead atoms. The Morgan fingerprint density at radius 1 is 1.35 bits per heavy atom. The third-order valence-electron chi connectivity index (χ3n) is 4.41. The second-order valence-electron chi connectivity index (χ2n) is 6.39. The summed E-state index contributed by atoms with van der Waals surface area (Å²) in [5, 5.41) is 0. The number of nitrogens with zero attached hydrogens (tertiary/aromatic N) is 3. The third kappa shape index (κ3) is 4.05. The number of halogens is 2. The lowest BCUT2D eigenvalue weighted by molar-refractivity contribution is 0.0778. The summed E-state index contributed by atoms with van der Waals surface area (Å²) < 4.78 is 26.6. The monoisotopic (exact) mass is 363 g/mol. The quantitative estimate of drug-likeness (QED) is 0.844. The molecule has 1 amide bonds. The maximum Gasteiger partial charge on any atom is 0.254 e. The molecule has 7 nitrogen and oxygen atoms in total. The van der Waals surface area contributed by atoms with Crippen molar-refractivity contribution in [2.75, 3.05) is 25.9 Å². The van der Waals surface area contributed by atoms with Gasteiger partial charge in [-0.1, -0.05) is 0 Å². The molecule has 1 saturated heterocycles. The van der Waals surface area contributed by atoms with Crippen molar-refractivity contribution in [2.45, 2.75) is 19.0 Å². The van der Waals surface area contributed by atoms with Gasteiger partial charge in [0, 0.05) is 43.4 Å². The van der Waals surface area contributed by atoms with Gasteiger partial charge in [-0.15, -0.1) is 0 Å². The minimum absolute atomic E-state index is 0.00478. The molecule has 0 aliphatic carbocycles. The lowest BCUT2D eigenvalue weighted by Gasteiger charge is -2.24. The van der Waals surface area contributed by atoms with E-state index >= 15 is 0 Å². The van der Waals surface area contributed by atoms with Crippen molar-refractivity contribution in [3.8, 4) is 0 Å². The van der Waals surface area contributed by atoms with Gasteiger partial charge in [-0.05, 0) is 25.6 Å². The van der Waals surface area contributed by atoms with Crippen molar-refractivity contribution < 1.29 is 13.6 Å². The van der Waals surface area contributed by atoms with Gasteiger partial charge >= 0.3 is 0 Å². The number of nitrogens with one attached hydrogen (secondary N) is 1. The van der Waals surface area contributed by atoms with Gasteiger partial charge in [0.25, 0.3) is 11.5 Å². The molecule has 2 heterocycles. The van der Waals surface area contributed by atoms with E-state index in [2.05, 4.69) is 9.97 Å². The minimum atomic E-state index is -0.779. The molecule has 0 saturated carbocycles. The molecule has 138 valence electrons. The summed E-state index contributed by atoms with van der Waals surface area (Å²) in [5.74, 6) is -1.91. The van der Waals surface area contributed by atoms with Crippen LogP contribution in [-0.4, -0.2) is 51.9 Å². The number of likely N-dealkylation sites (tertiary alicyclic amines) is 1. The molecule has 1 aliphatic rings. The number of benzene rings is 1. The zero-order valence-electron chi connectivity index (χ0n) is 14.2. The van der Waals surface area contributed by atoms with E-state index in [0.717, 1.165) is 18.2 Å². The number of anilines is 1. The van der Waals surface area contributed by atoms with Gasteiger partial charge in [-0.2, -0.15) is 0 Å². The fraction of sp³-hybridized carbons (Fsp3) is 0.353. The van der Waals surface area contributed by atoms with Crippen LogP contribution < -0.4 is 11.3 Å². The highest BCUT2D eigenvalue weighted by molar-refractivity contribution is 5.94. The molecule has 2 aromatic rings. The van der Waals surface area contributed by atoms with E-state index in [9.17, 15) is 18.4 Å². The molecule has 1 fully saturated rings. The first kappa shape index (κ1) is 18.0. The van der Waals surface area contributed by atoms with Crippen LogP contribution in [0.2, 0.25) is 0 Å². The normalized spacial score (nSPS) is 17.1. The molecule has 1 aromatic heterocycles. The van der Waals surface area contributed by atoms with Gasteiger partial charge in [0.05, 0.1) is 5.69 Å². The predicted octanol–water partition coefficient (Wildman–Crippen LogP) is 0.977. The number of carbonyl (C=O) groups is 1. The van der Waals surface area contributed by atoms with E-state index in [-0.39, 0.29) is 23.1 Å². The van der Waals surface area contributed by atoms with E-state index in [1.165, 1.54) is 6.07 Å². The van der Waals surface area contributed by atoms with Crippen molar-refractivity contribution in [3.63, 3.8) is 0 Å². The van der Waals surface area contributed by atoms with E-state index < -0.39 is 17.5 Å². The van der Waals surface area contributed by atoms with Crippen LogP contribution in [0.3, 0.4) is 0 Å². The van der Waals surface area contributed by atoms with Crippen LogP contribution in [0.5, 0.6) is 0 Å². The van der Waals surface area contributed by atoms with Crippen LogP contribution in [0.25, 0.3) is 0 Å². The Labute approximate surface area is 148 Å². The Balaban J connectivity index is 1.65. The number of hydrogen-bond donors (Lipinski definition) is 2. The highest BCUT2D eigenvalue weighted by atomic mass is 19.1. The Morgan fingerprint density at radius 3 is 2.69 bits per heavy atom. The fourth-order valence-corrected chi connectivity index (χ4v) is 3.14. The maximum atomic E-state index is 13.3. The standard InChI is InChI=1S/C17H19F2N5O2/c1-23(8-13-7-15(25)22-17(20)21-13)14-2-3-24(9-14)16(26)10-4-11(18)6-12(19)5-10/h4-7,14H,2-3,8-9H2,1H3,(H3,20,21,22,25). The minimum Gasteiger partial charge on any atom is -0.369 e. The lowest BCUT2D eigenvalue weighted by atomic mass is 10.2. The first-order valence-electron chi connectivity index (χ1n) is 8.13. The summed E-state index contributed by atoms with van der Waals surface area (Å²) in [6.07, 6.45) is 0.707. The highest BCUT2D eigenvalue weighted by Crippen LogP contribution is 2.19. The summed E-state index contributed by atoms with van der Waals surface area (Å²) in [7, 11) is 1.86. The third-order valence-corrected chi connectivity index (χ3v) is 4.41. The molecule has 1 aromatic carbocycles. The van der Waals surface area contributed by atoms with Gasteiger partial charge in [-0.25, -0.2) is 13.8 Å². The molecule has 3 N–H and O–H groups in total. The molecule has 1 aliphatic heterocycles. The molecule has 1 atom stereocenters. The van der Waals surface area contributed by atoms with E-state index in [1.54, 1.807) is 4.90 Å². The van der Waals surface area contributed by atoms with Crippen molar-refractivity contribution in [3.05, 3.63) is 57.5 Å². The summed E-state index contributed by atoms with van der Waals surface area (Å²) in [5.41, 5.74) is 5.75. The fourth-order valence-electron chi connectivity index (χ4n) is 3.14. The number of likely N-dealkylation sites (N-methyl/N-ethyl adjacent to an activating group) is 1. The predicted molar refractivity (Wildman–Crippen MR) is 91.4 cm³/mol. The zero-order valence-corrected chi connectivity index (χ0v) is 14.2. The van der Waals surface area contributed by atoms with Crippen molar-refractivity contribution in [1.82, 2.24) is 19.8 Å². The number of rotatable bonds is 4. The van der Waals surface area contributed by atoms with Crippen molar-refractivity contribution in [1.29, 1.82) is 0 Å². The Bertz CT molecular complexity index is 865. The molecule has 0 spiro atoms. The Hall–Kier alpha value is -2.81. The molecule has 3 rings (SSSR count). The number of nitrogen functional groups attached to an aromatic ring is 1. The Kier molecular flexibility index (Phi) is 4.99. The molecular formula is C17H19F2N5O2. The van der Waals surface area contributed by atoms with Gasteiger partial charge in [0.2, 0.25) is 5.95 Å². The topological polar surface area (TPSA) is 95.3 Å². The largest absolute Gasteiger partial charge is 0.369 e. The summed E-state index contributed by atoms with van der Waals surface area (Å²) >= 11 is 0. The van der Waals surface area contributed by atoms with Crippen LogP contribution in [0.15, 0.2) is 29.1 Å². The second-order valence-corrected chi connectivity index (χ2v) is 6.39. The van der Waals surface area contributed by atoms with E-state index in [4.69, 9.17) is 5.73 Å². The number of aromatic amines is 1. The van der Waals surface area contributed by atoms with Crippen molar-refractivity contribution in [2.24, 2.45) is 0 Å². The van der Waals surface area contributed by atoms with Gasteiger partial charge in [0.15, 0.2) is 0 Å². The van der Waals surface area contributed by atoms with Gasteiger partial charge in [-0.3, -0.25) is 19.5 Å². The van der Waals surface area contributed by atoms with E-state index in [1.807, 2.05) is 11.9 Å². The smallest absolute Gasteiger partial charge is 0.254 e. The Morgan fingerprint density at radius 2 is 2.04 bits per heavy atom. The van der Waals surface area contributed by atoms with Crippen LogP contribution in [0, 0.1) is 11.6 Å². The summed E-state index contributed by atoms with van der Waals surface area (Å²) in [4.78, 5) is 33.9. The number of nitrogens with two attached hydrogens (primary N) is 1. The number of H-pyrrole nitrogens is 1. The van der Waals surface area contributed by atoms with Crippen LogP contribution in [0.1, 0.15) is 22.5 Å². The number of amides is 1. The molecule has 1 unspecified atom stereocenters. The van der Waals surface area contributed by atoms with Crippen molar-refractivity contribution >= 4 is 11.9 Å². The van der Waals surface area contributed by atoms with Crippen LogP contribution in [0.4, 0.5) is 14.7 Å². The molecule has 9 heteroatoms. The zero-order chi connectivity index (χ0) is 18.8. The SMILES string of the molecule is CN(Cc1cc(=O)[nH]c(N)n1)C1CCN(C(=O)c2cc(F)cc(F)c2)C1. The van der Waals surface area contributed by atoms with Gasteiger partial charge < -0.3 is 10.6 Å². The summed E-state index contributed by atoms with van der Waals surface area (Å²) in [6, 6.07) is 4.22. The molecule has 0 radical (unpaired) electrons. The van der Waals surface area contributed by atoms with Gasteiger partial charge in [0.1, 0.15) is 11.6 Å². The van der Waals surface area contributed by atoms with Crippen LogP contribution >= 0.6 is 0 Å². The number of aromatic nitrogens is 2. The number of carbonyl (C=O) groups excluding carboxylic acids is 1. The van der Waals surface area contributed by atoms with E-state index in [0.29, 0.717) is 31.7 Å². The first-order chi connectivity index (χ1) is 12.3. The maximum absolute atomic E-state index is 13.3. The lowest BCUT2D eigenvalue weighted by Crippen LogP contribution is -2.36.